The third kappa shape index (κ3) is 1.63. The standard InChI is InChI=1S/C13H14N2O3/c1-18-9-3-7(2-8(14)4-9)6-15-12(16)10-5-11(10)13(15)17/h2-4,10-11H,5-6,14H2,1H3. The third-order valence-electron chi connectivity index (χ3n) is 3.52. The number of rotatable bonds is 3. The lowest BCUT2D eigenvalue weighted by molar-refractivity contribution is -0.142. The van der Waals surface area contributed by atoms with Crippen molar-refractivity contribution in [3.63, 3.8) is 0 Å². The van der Waals surface area contributed by atoms with E-state index in [0.717, 1.165) is 12.0 Å². The molecule has 0 spiro atoms. The highest BCUT2D eigenvalue weighted by atomic mass is 16.5. The van der Waals surface area contributed by atoms with Crippen molar-refractivity contribution in [3.8, 4) is 5.75 Å². The van der Waals surface area contributed by atoms with Crippen LogP contribution in [0.1, 0.15) is 12.0 Å². The number of hydrogen-bond donors (Lipinski definition) is 1. The second-order valence-corrected chi connectivity index (χ2v) is 4.83. The fourth-order valence-corrected chi connectivity index (χ4v) is 2.48. The van der Waals surface area contributed by atoms with Gasteiger partial charge in [-0.1, -0.05) is 0 Å². The van der Waals surface area contributed by atoms with E-state index in [0.29, 0.717) is 11.4 Å². The second kappa shape index (κ2) is 3.73. The molecule has 0 radical (unpaired) electrons. The highest BCUT2D eigenvalue weighted by Crippen LogP contribution is 2.47. The van der Waals surface area contributed by atoms with Gasteiger partial charge in [0.05, 0.1) is 25.5 Å². The van der Waals surface area contributed by atoms with E-state index >= 15 is 0 Å². The first-order valence-electron chi connectivity index (χ1n) is 5.89. The third-order valence-corrected chi connectivity index (χ3v) is 3.52. The summed E-state index contributed by atoms with van der Waals surface area (Å²) in [5, 5.41) is 0. The molecule has 5 heteroatoms. The number of methoxy groups -OCH3 is 1. The maximum absolute atomic E-state index is 11.8. The number of nitrogens with two attached hydrogens (primary N) is 1. The van der Waals surface area contributed by atoms with Crippen LogP contribution in [0.4, 0.5) is 5.69 Å². The van der Waals surface area contributed by atoms with Crippen LogP contribution >= 0.6 is 0 Å². The number of ether oxygens (including phenoxy) is 1. The minimum absolute atomic E-state index is 0.0496. The number of piperidine rings is 1. The van der Waals surface area contributed by atoms with Crippen LogP contribution in [0, 0.1) is 11.8 Å². The maximum Gasteiger partial charge on any atom is 0.233 e. The molecule has 0 bridgehead atoms. The molecule has 1 saturated heterocycles. The first-order valence-corrected chi connectivity index (χ1v) is 5.89. The van der Waals surface area contributed by atoms with Crippen molar-refractivity contribution in [3.05, 3.63) is 23.8 Å². The first kappa shape index (κ1) is 11.1. The molecule has 5 nitrogen and oxygen atoms in total. The minimum atomic E-state index is -0.0551. The number of likely N-dealkylation sites (tertiary alicyclic amines) is 1. The second-order valence-electron chi connectivity index (χ2n) is 4.83. The van der Waals surface area contributed by atoms with Crippen LogP contribution in [0.15, 0.2) is 18.2 Å². The van der Waals surface area contributed by atoms with Gasteiger partial charge in [-0.3, -0.25) is 14.5 Å². The molecule has 1 saturated carbocycles. The lowest BCUT2D eigenvalue weighted by Crippen LogP contribution is -2.32. The number of hydrogen-bond acceptors (Lipinski definition) is 4. The monoisotopic (exact) mass is 246 g/mol. The summed E-state index contributed by atoms with van der Waals surface area (Å²) in [4.78, 5) is 25.0. The van der Waals surface area contributed by atoms with E-state index in [-0.39, 0.29) is 30.2 Å². The number of nitrogen functional groups attached to an aromatic ring is 1. The Morgan fingerprint density at radius 3 is 2.56 bits per heavy atom. The van der Waals surface area contributed by atoms with Gasteiger partial charge in [-0.25, -0.2) is 0 Å². The maximum atomic E-state index is 11.8. The van der Waals surface area contributed by atoms with E-state index in [4.69, 9.17) is 10.5 Å². The zero-order chi connectivity index (χ0) is 12.9. The number of fused-ring (bicyclic) bond motifs is 1. The smallest absolute Gasteiger partial charge is 0.233 e. The summed E-state index contributed by atoms with van der Waals surface area (Å²) in [6, 6.07) is 5.25. The fourth-order valence-electron chi connectivity index (χ4n) is 2.48. The summed E-state index contributed by atoms with van der Waals surface area (Å²) in [5.41, 5.74) is 7.12. The Labute approximate surface area is 105 Å². The topological polar surface area (TPSA) is 72.6 Å². The molecule has 1 heterocycles. The van der Waals surface area contributed by atoms with Crippen molar-refractivity contribution in [1.29, 1.82) is 0 Å². The summed E-state index contributed by atoms with van der Waals surface area (Å²) in [6.07, 6.45) is 0.731. The van der Waals surface area contributed by atoms with E-state index in [2.05, 4.69) is 0 Å². The van der Waals surface area contributed by atoms with Gasteiger partial charge < -0.3 is 10.5 Å². The predicted molar refractivity (Wildman–Crippen MR) is 64.6 cm³/mol. The molecule has 2 amide bonds. The number of benzene rings is 1. The Bertz CT molecular complexity index is 521. The summed E-state index contributed by atoms with van der Waals surface area (Å²) >= 11 is 0. The van der Waals surface area contributed by atoms with Gasteiger partial charge in [0.2, 0.25) is 11.8 Å². The van der Waals surface area contributed by atoms with Gasteiger partial charge in [-0.2, -0.15) is 0 Å². The summed E-state index contributed by atoms with van der Waals surface area (Å²) in [6.45, 7) is 0.284. The van der Waals surface area contributed by atoms with Crippen LogP contribution in [0.3, 0.4) is 0 Å². The van der Waals surface area contributed by atoms with Crippen molar-refractivity contribution >= 4 is 17.5 Å². The number of carbonyl (C=O) groups is 2. The van der Waals surface area contributed by atoms with Gasteiger partial charge in [0.1, 0.15) is 5.75 Å². The van der Waals surface area contributed by atoms with Gasteiger partial charge in [0.15, 0.2) is 0 Å². The number of anilines is 1. The SMILES string of the molecule is COc1cc(N)cc(CN2C(=O)C3CC3C2=O)c1. The largest absolute Gasteiger partial charge is 0.497 e. The van der Waals surface area contributed by atoms with Crippen LogP contribution in [0.5, 0.6) is 5.75 Å². The zero-order valence-electron chi connectivity index (χ0n) is 10.1. The molecule has 3 rings (SSSR count). The van der Waals surface area contributed by atoms with Crippen LogP contribution in [0.2, 0.25) is 0 Å². The molecule has 2 atom stereocenters. The molecule has 18 heavy (non-hydrogen) atoms. The summed E-state index contributed by atoms with van der Waals surface area (Å²) in [7, 11) is 1.56. The van der Waals surface area contributed by atoms with Crippen molar-refractivity contribution in [2.24, 2.45) is 11.8 Å². The molecule has 2 unspecified atom stereocenters. The van der Waals surface area contributed by atoms with E-state index in [1.54, 1.807) is 25.3 Å². The van der Waals surface area contributed by atoms with E-state index in [1.807, 2.05) is 0 Å². The van der Waals surface area contributed by atoms with Gasteiger partial charge in [-0.15, -0.1) is 0 Å². The van der Waals surface area contributed by atoms with Gasteiger partial charge in [0, 0.05) is 11.8 Å². The lowest BCUT2D eigenvalue weighted by Gasteiger charge is -2.17. The quantitative estimate of drug-likeness (QED) is 0.632. The zero-order valence-corrected chi connectivity index (χ0v) is 10.1. The Kier molecular flexibility index (Phi) is 2.29. The molecule has 2 aliphatic rings. The minimum Gasteiger partial charge on any atom is -0.497 e. The highest BCUT2D eigenvalue weighted by molar-refractivity contribution is 6.08. The molecular formula is C13H14N2O3. The van der Waals surface area contributed by atoms with E-state index in [1.165, 1.54) is 4.90 Å². The number of nitrogens with zero attached hydrogens (tertiary/aromatic N) is 1. The Balaban J connectivity index is 1.82. The van der Waals surface area contributed by atoms with E-state index in [9.17, 15) is 9.59 Å². The molecule has 2 N–H and O–H groups in total. The Morgan fingerprint density at radius 1 is 1.28 bits per heavy atom. The van der Waals surface area contributed by atoms with E-state index < -0.39 is 0 Å². The van der Waals surface area contributed by atoms with Crippen LogP contribution in [-0.4, -0.2) is 23.8 Å². The first-order chi connectivity index (χ1) is 8.60. The predicted octanol–water partition coefficient (Wildman–Crippen LogP) is 0.782. The molecule has 0 aromatic heterocycles. The van der Waals surface area contributed by atoms with Crippen molar-refractivity contribution in [1.82, 2.24) is 4.90 Å². The molecule has 2 fully saturated rings. The van der Waals surface area contributed by atoms with Crippen molar-refractivity contribution in [2.45, 2.75) is 13.0 Å². The van der Waals surface area contributed by atoms with Gasteiger partial charge >= 0.3 is 0 Å². The average molecular weight is 246 g/mol. The molecule has 1 aliphatic heterocycles. The molecule has 1 aromatic rings. The Hall–Kier alpha value is -2.04. The average Bonchev–Trinajstić information content (AvgIpc) is 3.09. The number of amides is 2. The molecule has 1 aliphatic carbocycles. The van der Waals surface area contributed by atoms with Gasteiger partial charge in [0.25, 0.3) is 0 Å². The Morgan fingerprint density at radius 2 is 1.94 bits per heavy atom. The van der Waals surface area contributed by atoms with Crippen LogP contribution in [0.25, 0.3) is 0 Å². The highest BCUT2D eigenvalue weighted by Gasteiger charge is 2.58. The summed E-state index contributed by atoms with van der Waals surface area (Å²) < 4.78 is 5.12. The van der Waals surface area contributed by atoms with Crippen molar-refractivity contribution in [2.75, 3.05) is 12.8 Å². The molecule has 1 aromatic carbocycles. The summed E-state index contributed by atoms with van der Waals surface area (Å²) in [5.74, 6) is 0.424. The number of carbonyl (C=O) groups excluding carboxylic acids is 2. The van der Waals surface area contributed by atoms with Gasteiger partial charge in [-0.05, 0) is 24.1 Å². The van der Waals surface area contributed by atoms with Crippen molar-refractivity contribution < 1.29 is 14.3 Å². The normalized spacial score (nSPS) is 25.3. The van der Waals surface area contributed by atoms with Crippen LogP contribution < -0.4 is 10.5 Å². The number of imide groups is 1. The van der Waals surface area contributed by atoms with Crippen LogP contribution in [-0.2, 0) is 16.1 Å². The lowest BCUT2D eigenvalue weighted by atomic mass is 10.1. The molecule has 94 valence electrons. The fraction of sp³-hybridized carbons (Fsp3) is 0.385. The molecular weight excluding hydrogens is 232 g/mol.